The SMILES string of the molecule is COc1cc(C(=O)N2CC3CCC2[C@@H]3N)cc2nc(-c3cc4ccc(-c5ccc6ncccc6c5)cc4n3CC3CC3)n(C)c12. The van der Waals surface area contributed by atoms with E-state index in [0.717, 1.165) is 59.4 Å². The molecule has 1 saturated heterocycles. The van der Waals surface area contributed by atoms with Crippen molar-refractivity contribution in [3.8, 4) is 28.4 Å². The lowest BCUT2D eigenvalue weighted by Crippen LogP contribution is -2.41. The van der Waals surface area contributed by atoms with Crippen LogP contribution in [0.25, 0.3) is 55.5 Å². The van der Waals surface area contributed by atoms with E-state index in [2.05, 4.69) is 62.6 Å². The molecule has 8 nitrogen and oxygen atoms in total. The molecule has 3 atom stereocenters. The zero-order valence-corrected chi connectivity index (χ0v) is 25.6. The highest BCUT2D eigenvalue weighted by Crippen LogP contribution is 2.41. The van der Waals surface area contributed by atoms with Crippen LogP contribution in [0.15, 0.2) is 72.9 Å². The number of hydrogen-bond donors (Lipinski definition) is 1. The maximum absolute atomic E-state index is 13.7. The fraction of sp³-hybridized carbons (Fsp3) is 0.324. The summed E-state index contributed by atoms with van der Waals surface area (Å²) >= 11 is 0. The highest BCUT2D eigenvalue weighted by atomic mass is 16.5. The van der Waals surface area contributed by atoms with Gasteiger partial charge in [0, 0.05) is 60.3 Å². The van der Waals surface area contributed by atoms with Crippen molar-refractivity contribution >= 4 is 38.7 Å². The number of nitrogens with zero attached hydrogens (tertiary/aromatic N) is 5. The van der Waals surface area contributed by atoms with E-state index in [4.69, 9.17) is 15.5 Å². The van der Waals surface area contributed by atoms with Crippen LogP contribution in [0.5, 0.6) is 5.75 Å². The van der Waals surface area contributed by atoms with Gasteiger partial charge in [-0.2, -0.15) is 0 Å². The molecule has 45 heavy (non-hydrogen) atoms. The Morgan fingerprint density at radius 1 is 0.956 bits per heavy atom. The number of fused-ring (bicyclic) bond motifs is 5. The number of rotatable bonds is 6. The number of carbonyl (C=O) groups excluding carboxylic acids is 1. The normalized spacial score (nSPS) is 21.0. The quantitative estimate of drug-likeness (QED) is 0.241. The molecule has 6 aromatic rings. The molecule has 3 aromatic heterocycles. The highest BCUT2D eigenvalue weighted by Gasteiger charge is 2.47. The fourth-order valence-electron chi connectivity index (χ4n) is 7.90. The van der Waals surface area contributed by atoms with Crippen LogP contribution in [0.4, 0.5) is 0 Å². The second-order valence-corrected chi connectivity index (χ2v) is 13.2. The summed E-state index contributed by atoms with van der Waals surface area (Å²) in [4.78, 5) is 25.4. The molecule has 0 spiro atoms. The van der Waals surface area contributed by atoms with Gasteiger partial charge in [0.15, 0.2) is 5.82 Å². The molecule has 3 aromatic carbocycles. The van der Waals surface area contributed by atoms with E-state index in [9.17, 15) is 4.79 Å². The van der Waals surface area contributed by atoms with Gasteiger partial charge < -0.3 is 24.5 Å². The monoisotopic (exact) mass is 596 g/mol. The first kappa shape index (κ1) is 26.7. The van der Waals surface area contributed by atoms with Gasteiger partial charge in [0.1, 0.15) is 11.3 Å². The molecule has 3 aliphatic rings. The molecule has 1 aliphatic heterocycles. The minimum absolute atomic E-state index is 0.0184. The Kier molecular flexibility index (Phi) is 5.88. The van der Waals surface area contributed by atoms with E-state index in [-0.39, 0.29) is 18.0 Å². The van der Waals surface area contributed by atoms with Crippen LogP contribution >= 0.6 is 0 Å². The van der Waals surface area contributed by atoms with E-state index in [1.807, 2.05) is 36.3 Å². The van der Waals surface area contributed by atoms with Crippen LogP contribution in [-0.2, 0) is 13.6 Å². The van der Waals surface area contributed by atoms with E-state index < -0.39 is 0 Å². The largest absolute Gasteiger partial charge is 0.494 e. The molecular formula is C37H36N6O2. The predicted octanol–water partition coefficient (Wildman–Crippen LogP) is 6.39. The number of likely N-dealkylation sites (tertiary alicyclic amines) is 1. The number of hydrogen-bond acceptors (Lipinski definition) is 5. The Bertz CT molecular complexity index is 2160. The molecule has 2 N–H and O–H groups in total. The second-order valence-electron chi connectivity index (χ2n) is 13.2. The summed E-state index contributed by atoms with van der Waals surface area (Å²) in [6.45, 7) is 1.68. The van der Waals surface area contributed by atoms with Crippen molar-refractivity contribution in [1.29, 1.82) is 0 Å². The standard InChI is InChI=1S/C37H36N6O2/c1-41-35-29(15-27(18-33(35)45-2)37(44)43-20-26-10-12-30(43)34(26)38)40-36(41)32-17-25-8-7-23(16-31(25)42(32)19-21-5-6-21)22-9-11-28-24(14-22)4-3-13-39-28/h3-4,7-9,11,13-18,21,26,30,34H,5-6,10,12,19-20,38H2,1-2H3/t26?,30?,34-/m1/s1. The lowest BCUT2D eigenvalue weighted by molar-refractivity contribution is 0.0700. The maximum Gasteiger partial charge on any atom is 0.254 e. The summed E-state index contributed by atoms with van der Waals surface area (Å²) in [7, 11) is 3.71. The highest BCUT2D eigenvalue weighted by molar-refractivity contribution is 6.01. The molecule has 3 fully saturated rings. The third-order valence-corrected chi connectivity index (χ3v) is 10.5. The average molecular weight is 597 g/mol. The summed E-state index contributed by atoms with van der Waals surface area (Å²) in [6, 6.07) is 23.6. The van der Waals surface area contributed by atoms with E-state index in [0.29, 0.717) is 23.1 Å². The Hall–Kier alpha value is -4.69. The number of ether oxygens (including phenoxy) is 1. The van der Waals surface area contributed by atoms with Crippen molar-refractivity contribution in [3.63, 3.8) is 0 Å². The summed E-state index contributed by atoms with van der Waals surface area (Å²) in [5.74, 6) is 2.61. The van der Waals surface area contributed by atoms with Crippen molar-refractivity contribution in [1.82, 2.24) is 24.0 Å². The summed E-state index contributed by atoms with van der Waals surface area (Å²) in [5, 5.41) is 2.32. The summed E-state index contributed by atoms with van der Waals surface area (Å²) < 4.78 is 10.4. The molecule has 2 unspecified atom stereocenters. The van der Waals surface area contributed by atoms with Crippen LogP contribution < -0.4 is 10.5 Å². The number of nitrogens with two attached hydrogens (primary N) is 1. The number of aromatic nitrogens is 4. The van der Waals surface area contributed by atoms with Gasteiger partial charge in [0.2, 0.25) is 0 Å². The lowest BCUT2D eigenvalue weighted by atomic mass is 10.0. The molecule has 2 bridgehead atoms. The Balaban J connectivity index is 1.15. The van der Waals surface area contributed by atoms with Gasteiger partial charge in [-0.25, -0.2) is 4.98 Å². The minimum atomic E-state index is 0.0184. The third-order valence-electron chi connectivity index (χ3n) is 10.5. The van der Waals surface area contributed by atoms with Gasteiger partial charge in [-0.05, 0) is 91.1 Å². The number of carbonyl (C=O) groups is 1. The second kappa shape index (κ2) is 9.91. The van der Waals surface area contributed by atoms with Crippen molar-refractivity contribution in [3.05, 3.63) is 78.5 Å². The van der Waals surface area contributed by atoms with E-state index >= 15 is 0 Å². The molecule has 226 valence electrons. The average Bonchev–Trinajstić information content (AvgIpc) is 3.47. The van der Waals surface area contributed by atoms with Gasteiger partial charge in [-0.1, -0.05) is 24.3 Å². The molecule has 2 aliphatic carbocycles. The smallest absolute Gasteiger partial charge is 0.254 e. The summed E-state index contributed by atoms with van der Waals surface area (Å²) in [5.41, 5.74) is 14.3. The number of benzene rings is 3. The van der Waals surface area contributed by atoms with E-state index in [1.54, 1.807) is 7.11 Å². The van der Waals surface area contributed by atoms with Crippen LogP contribution in [0.1, 0.15) is 36.0 Å². The molecule has 8 heteroatoms. The van der Waals surface area contributed by atoms with Crippen molar-refractivity contribution < 1.29 is 9.53 Å². The molecule has 2 saturated carbocycles. The Morgan fingerprint density at radius 3 is 2.58 bits per heavy atom. The number of pyridine rings is 1. The first-order valence-corrected chi connectivity index (χ1v) is 16.1. The van der Waals surface area contributed by atoms with Crippen LogP contribution in [0, 0.1) is 11.8 Å². The van der Waals surface area contributed by atoms with Gasteiger partial charge in [-0.15, -0.1) is 0 Å². The third kappa shape index (κ3) is 4.19. The molecule has 9 rings (SSSR count). The minimum Gasteiger partial charge on any atom is -0.494 e. The molecule has 1 amide bonds. The number of aryl methyl sites for hydroxylation is 1. The zero-order chi connectivity index (χ0) is 30.4. The molecular weight excluding hydrogens is 560 g/mol. The van der Waals surface area contributed by atoms with Crippen molar-refractivity contribution in [2.75, 3.05) is 13.7 Å². The van der Waals surface area contributed by atoms with Gasteiger partial charge in [0.05, 0.1) is 23.8 Å². The van der Waals surface area contributed by atoms with Crippen LogP contribution in [0.3, 0.4) is 0 Å². The number of imidazole rings is 1. The summed E-state index contributed by atoms with van der Waals surface area (Å²) in [6.07, 6.45) is 6.43. The first-order valence-electron chi connectivity index (χ1n) is 16.1. The maximum atomic E-state index is 13.7. The van der Waals surface area contributed by atoms with Crippen molar-refractivity contribution in [2.45, 2.75) is 44.3 Å². The molecule has 4 heterocycles. The van der Waals surface area contributed by atoms with Gasteiger partial charge in [-0.3, -0.25) is 9.78 Å². The van der Waals surface area contributed by atoms with E-state index in [1.165, 1.54) is 34.9 Å². The van der Waals surface area contributed by atoms with Crippen LogP contribution in [-0.4, -0.2) is 55.6 Å². The fourth-order valence-corrected chi connectivity index (χ4v) is 7.90. The number of methoxy groups -OCH3 is 1. The predicted molar refractivity (Wildman–Crippen MR) is 177 cm³/mol. The zero-order valence-electron chi connectivity index (χ0n) is 25.6. The topological polar surface area (TPSA) is 91.2 Å². The Labute approximate surface area is 261 Å². The van der Waals surface area contributed by atoms with Gasteiger partial charge in [0.25, 0.3) is 5.91 Å². The Morgan fingerprint density at radius 2 is 1.80 bits per heavy atom. The molecule has 0 radical (unpaired) electrons. The lowest BCUT2D eigenvalue weighted by Gasteiger charge is -2.27. The van der Waals surface area contributed by atoms with Gasteiger partial charge >= 0.3 is 0 Å². The number of piperidine rings is 1. The first-order chi connectivity index (χ1) is 22.0. The van der Waals surface area contributed by atoms with Crippen LogP contribution in [0.2, 0.25) is 0 Å². The number of amides is 1. The van der Waals surface area contributed by atoms with Crippen molar-refractivity contribution in [2.24, 2.45) is 24.6 Å².